The number of pyridine rings is 1. The number of amides is 1. The first kappa shape index (κ1) is 23.4. The van der Waals surface area contributed by atoms with E-state index in [9.17, 15) is 18.0 Å². The molecule has 1 aliphatic heterocycles. The number of nitrogens with zero attached hydrogens (tertiary/aromatic N) is 7. The zero-order valence-electron chi connectivity index (χ0n) is 19.0. The molecule has 1 saturated carbocycles. The highest BCUT2D eigenvalue weighted by Crippen LogP contribution is 2.33. The van der Waals surface area contributed by atoms with Crippen LogP contribution in [0.4, 0.5) is 19.0 Å². The van der Waals surface area contributed by atoms with Crippen molar-refractivity contribution in [2.24, 2.45) is 0 Å². The van der Waals surface area contributed by atoms with Crippen LogP contribution >= 0.6 is 0 Å². The van der Waals surface area contributed by atoms with Gasteiger partial charge in [-0.15, -0.1) is 5.10 Å². The number of rotatable bonds is 5. The number of tetrazole rings is 1. The van der Waals surface area contributed by atoms with Crippen LogP contribution in [0.1, 0.15) is 61.3 Å². The number of carbonyl (C=O) groups excluding carboxylic acids is 1. The molecule has 0 bridgehead atoms. The maximum absolute atomic E-state index is 13.1. The van der Waals surface area contributed by atoms with Gasteiger partial charge in [0.15, 0.2) is 0 Å². The van der Waals surface area contributed by atoms with Crippen molar-refractivity contribution in [1.29, 1.82) is 0 Å². The molecule has 12 heteroatoms. The number of alkyl halides is 3. The maximum Gasteiger partial charge on any atom is 0.453 e. The van der Waals surface area contributed by atoms with Crippen molar-refractivity contribution in [1.82, 2.24) is 35.4 Å². The molecule has 0 aromatic carbocycles. The molecule has 9 nitrogen and oxygen atoms in total. The van der Waals surface area contributed by atoms with Gasteiger partial charge in [-0.2, -0.15) is 13.2 Å². The minimum absolute atomic E-state index is 0.124. The Hall–Kier alpha value is -2.76. The lowest BCUT2D eigenvalue weighted by atomic mass is 9.80. The second-order valence-electron chi connectivity index (χ2n) is 9.38. The number of anilines is 1. The summed E-state index contributed by atoms with van der Waals surface area (Å²) in [6.45, 7) is 3.01. The zero-order valence-corrected chi connectivity index (χ0v) is 19.0. The van der Waals surface area contributed by atoms with Gasteiger partial charge in [-0.1, -0.05) is 0 Å². The van der Waals surface area contributed by atoms with Gasteiger partial charge in [-0.3, -0.25) is 4.79 Å². The molecule has 180 valence electrons. The monoisotopic (exact) mass is 466 g/mol. The Labute approximate surface area is 190 Å². The lowest BCUT2D eigenvalue weighted by Gasteiger charge is -2.42. The van der Waals surface area contributed by atoms with Gasteiger partial charge in [0.25, 0.3) is 11.7 Å². The summed E-state index contributed by atoms with van der Waals surface area (Å²) in [5.74, 6) is -0.711. The van der Waals surface area contributed by atoms with E-state index in [1.165, 1.54) is 0 Å². The molecule has 0 radical (unpaired) electrons. The molecular formula is C21H29F3N8O. The van der Waals surface area contributed by atoms with E-state index in [4.69, 9.17) is 0 Å². The van der Waals surface area contributed by atoms with Gasteiger partial charge in [0.2, 0.25) is 0 Å². The standard InChI is InChI=1S/C21H29F3N8O/c1-20(30(2)3)8-4-15(5-9-20)26-18(33)14-6-10-25-17(12-14)31-11-7-16(13-31)32-19(21(22,23)24)27-28-29-32/h6,10,12,15-16H,4-5,7-9,11,13H2,1-3H3,(H,26,33). The molecule has 2 aromatic heterocycles. The molecule has 0 spiro atoms. The molecule has 1 saturated heterocycles. The first-order valence-corrected chi connectivity index (χ1v) is 11.1. The highest BCUT2D eigenvalue weighted by atomic mass is 19.4. The molecule has 1 N–H and O–H groups in total. The Morgan fingerprint density at radius 3 is 2.64 bits per heavy atom. The fourth-order valence-corrected chi connectivity index (χ4v) is 4.61. The van der Waals surface area contributed by atoms with Gasteiger partial charge in [-0.25, -0.2) is 9.67 Å². The summed E-state index contributed by atoms with van der Waals surface area (Å²) >= 11 is 0. The molecular weight excluding hydrogens is 437 g/mol. The number of aromatic nitrogens is 5. The molecule has 1 amide bonds. The Kier molecular flexibility index (Phi) is 6.30. The second-order valence-corrected chi connectivity index (χ2v) is 9.38. The minimum atomic E-state index is -4.61. The molecule has 2 fully saturated rings. The molecule has 2 aromatic rings. The van der Waals surface area contributed by atoms with E-state index >= 15 is 0 Å². The SMILES string of the molecule is CN(C)C1(C)CCC(NC(=O)c2ccnc(N3CCC(n4nnnc4C(F)(F)F)C3)c2)CC1. The predicted molar refractivity (Wildman–Crippen MR) is 115 cm³/mol. The fraction of sp³-hybridized carbons (Fsp3) is 0.667. The van der Waals surface area contributed by atoms with E-state index in [2.05, 4.69) is 51.7 Å². The van der Waals surface area contributed by atoms with Gasteiger partial charge in [0.05, 0.1) is 6.04 Å². The highest BCUT2D eigenvalue weighted by molar-refractivity contribution is 5.95. The summed E-state index contributed by atoms with van der Waals surface area (Å²) in [4.78, 5) is 21.3. The largest absolute Gasteiger partial charge is 0.453 e. The fourth-order valence-electron chi connectivity index (χ4n) is 4.61. The average molecular weight is 467 g/mol. The van der Waals surface area contributed by atoms with Crippen molar-refractivity contribution in [3.8, 4) is 0 Å². The summed E-state index contributed by atoms with van der Waals surface area (Å²) in [6, 6.07) is 2.94. The van der Waals surface area contributed by atoms with Crippen LogP contribution in [0.15, 0.2) is 18.3 Å². The maximum atomic E-state index is 13.1. The molecule has 1 unspecified atom stereocenters. The van der Waals surface area contributed by atoms with Gasteiger partial charge >= 0.3 is 6.18 Å². The van der Waals surface area contributed by atoms with Crippen LogP contribution < -0.4 is 10.2 Å². The van der Waals surface area contributed by atoms with Crippen LogP contribution in [0.5, 0.6) is 0 Å². The van der Waals surface area contributed by atoms with E-state index in [1.807, 2.05) is 4.90 Å². The van der Waals surface area contributed by atoms with Crippen molar-refractivity contribution < 1.29 is 18.0 Å². The number of nitrogens with one attached hydrogen (secondary N) is 1. The first-order chi connectivity index (χ1) is 15.6. The van der Waals surface area contributed by atoms with Crippen molar-refractivity contribution >= 4 is 11.7 Å². The van der Waals surface area contributed by atoms with E-state index in [1.54, 1.807) is 18.3 Å². The number of carbonyl (C=O) groups is 1. The van der Waals surface area contributed by atoms with Crippen molar-refractivity contribution in [2.45, 2.75) is 62.8 Å². The van der Waals surface area contributed by atoms with E-state index < -0.39 is 18.0 Å². The predicted octanol–water partition coefficient (Wildman–Crippen LogP) is 2.53. The van der Waals surface area contributed by atoms with Crippen molar-refractivity contribution in [3.63, 3.8) is 0 Å². The molecule has 1 aliphatic carbocycles. The second kappa shape index (κ2) is 8.88. The number of hydrogen-bond donors (Lipinski definition) is 1. The summed E-state index contributed by atoms with van der Waals surface area (Å²) in [5.41, 5.74) is 0.644. The third kappa shape index (κ3) is 4.94. The summed E-state index contributed by atoms with van der Waals surface area (Å²) < 4.78 is 40.2. The van der Waals surface area contributed by atoms with Crippen LogP contribution in [0.3, 0.4) is 0 Å². The third-order valence-electron chi connectivity index (χ3n) is 7.06. The minimum Gasteiger partial charge on any atom is -0.354 e. The topological polar surface area (TPSA) is 92.1 Å². The molecule has 3 heterocycles. The van der Waals surface area contributed by atoms with E-state index in [0.717, 1.165) is 30.4 Å². The van der Waals surface area contributed by atoms with Gasteiger partial charge < -0.3 is 15.1 Å². The summed E-state index contributed by atoms with van der Waals surface area (Å²) in [7, 11) is 4.17. The Morgan fingerprint density at radius 2 is 1.97 bits per heavy atom. The summed E-state index contributed by atoms with van der Waals surface area (Å²) in [5, 5.41) is 13.0. The molecule has 4 rings (SSSR count). The van der Waals surface area contributed by atoms with E-state index in [-0.39, 0.29) is 24.0 Å². The average Bonchev–Trinajstić information content (AvgIpc) is 3.45. The van der Waals surface area contributed by atoms with Crippen LogP contribution in [0, 0.1) is 0 Å². The zero-order chi connectivity index (χ0) is 23.8. The Morgan fingerprint density at radius 1 is 1.24 bits per heavy atom. The van der Waals surface area contributed by atoms with Crippen LogP contribution in [0.25, 0.3) is 0 Å². The summed E-state index contributed by atoms with van der Waals surface area (Å²) in [6.07, 6.45) is 1.24. The van der Waals surface area contributed by atoms with E-state index in [0.29, 0.717) is 24.3 Å². The van der Waals surface area contributed by atoms with Crippen molar-refractivity contribution in [2.75, 3.05) is 32.1 Å². The van der Waals surface area contributed by atoms with Crippen LogP contribution in [-0.4, -0.2) is 74.8 Å². The van der Waals surface area contributed by atoms with Gasteiger partial charge in [0.1, 0.15) is 5.82 Å². The quantitative estimate of drug-likeness (QED) is 0.724. The Balaban J connectivity index is 1.39. The molecule has 1 atom stereocenters. The number of halogens is 3. The van der Waals surface area contributed by atoms with Gasteiger partial charge in [0, 0.05) is 36.4 Å². The van der Waals surface area contributed by atoms with Crippen LogP contribution in [0.2, 0.25) is 0 Å². The smallest absolute Gasteiger partial charge is 0.354 e. The van der Waals surface area contributed by atoms with Crippen LogP contribution in [-0.2, 0) is 6.18 Å². The molecule has 2 aliphatic rings. The Bertz CT molecular complexity index is 984. The van der Waals surface area contributed by atoms with Gasteiger partial charge in [-0.05, 0) is 75.7 Å². The van der Waals surface area contributed by atoms with Crippen molar-refractivity contribution in [3.05, 3.63) is 29.7 Å². The lowest BCUT2D eigenvalue weighted by Crippen LogP contribution is -2.48. The third-order valence-corrected chi connectivity index (χ3v) is 7.06. The molecule has 33 heavy (non-hydrogen) atoms. The highest BCUT2D eigenvalue weighted by Gasteiger charge is 2.41. The first-order valence-electron chi connectivity index (χ1n) is 11.1. The normalized spacial score (nSPS) is 26.1. The lowest BCUT2D eigenvalue weighted by molar-refractivity contribution is -0.148. The number of hydrogen-bond acceptors (Lipinski definition) is 7.